The van der Waals surface area contributed by atoms with Crippen molar-refractivity contribution in [2.24, 2.45) is 10.9 Å². The molecule has 4 N–H and O–H groups in total. The van der Waals surface area contributed by atoms with E-state index < -0.39 is 5.97 Å². The number of nitrogens with one attached hydrogen (secondary N) is 3. The van der Waals surface area contributed by atoms with E-state index in [9.17, 15) is 14.7 Å². The second-order valence-corrected chi connectivity index (χ2v) is 15.9. The molecule has 1 amide bonds. The number of piperidine rings is 1. The van der Waals surface area contributed by atoms with Crippen LogP contribution >= 0.6 is 34.5 Å². The number of hydrogen-bond donors (Lipinski definition) is 4. The molecule has 5 heterocycles. The Morgan fingerprint density at radius 1 is 1.07 bits per heavy atom. The first-order valence-electron chi connectivity index (χ1n) is 18.2. The number of benzene rings is 2. The fraction of sp³-hybridized carbons (Fsp3) is 0.375. The number of nitrogens with zero attached hydrogens (tertiary/aromatic N) is 4. The first kappa shape index (κ1) is 38.0. The van der Waals surface area contributed by atoms with Crippen molar-refractivity contribution in [3.63, 3.8) is 0 Å². The van der Waals surface area contributed by atoms with Crippen LogP contribution in [-0.2, 0) is 29.1 Å². The van der Waals surface area contributed by atoms with Gasteiger partial charge in [0, 0.05) is 64.8 Å². The predicted octanol–water partition coefficient (Wildman–Crippen LogP) is 7.29. The second kappa shape index (κ2) is 16.6. The second-order valence-electron chi connectivity index (χ2n) is 14.0. The van der Waals surface area contributed by atoms with Crippen LogP contribution in [0, 0.1) is 12.8 Å². The number of likely N-dealkylation sites (tertiary alicyclic amines) is 1. The van der Waals surface area contributed by atoms with Gasteiger partial charge in [0.05, 0.1) is 41.0 Å². The van der Waals surface area contributed by atoms with Gasteiger partial charge in [-0.2, -0.15) is 0 Å². The summed E-state index contributed by atoms with van der Waals surface area (Å²) in [5.41, 5.74) is 7.20. The average Bonchev–Trinajstić information content (AvgIpc) is 3.73. The molecule has 3 aliphatic rings. The van der Waals surface area contributed by atoms with Crippen LogP contribution in [0.25, 0.3) is 22.4 Å². The molecule has 282 valence electrons. The van der Waals surface area contributed by atoms with Crippen molar-refractivity contribution in [2.75, 3.05) is 26.7 Å². The summed E-state index contributed by atoms with van der Waals surface area (Å²) in [4.78, 5) is 41.4. The fourth-order valence-electron chi connectivity index (χ4n) is 7.21. The zero-order valence-electron chi connectivity index (χ0n) is 30.5. The molecule has 2 saturated heterocycles. The van der Waals surface area contributed by atoms with Crippen molar-refractivity contribution < 1.29 is 19.4 Å². The lowest BCUT2D eigenvalue weighted by atomic mass is 9.97. The quantitative estimate of drug-likeness (QED) is 0.123. The maximum absolute atomic E-state index is 11.6. The molecule has 0 spiro atoms. The highest BCUT2D eigenvalue weighted by Crippen LogP contribution is 2.43. The van der Waals surface area contributed by atoms with E-state index >= 15 is 0 Å². The Balaban J connectivity index is 1.14. The van der Waals surface area contributed by atoms with Gasteiger partial charge in [-0.3, -0.25) is 14.5 Å². The molecule has 0 saturated carbocycles. The Bertz CT molecular complexity index is 2140. The summed E-state index contributed by atoms with van der Waals surface area (Å²) in [5.74, 6) is 0.249. The van der Waals surface area contributed by atoms with E-state index in [-0.39, 0.29) is 17.9 Å². The Kier molecular flexibility index (Phi) is 11.7. The molecular formula is C40H43Cl2N7O4S. The van der Waals surface area contributed by atoms with Crippen molar-refractivity contribution in [2.45, 2.75) is 65.1 Å². The van der Waals surface area contributed by atoms with Gasteiger partial charge in [-0.25, -0.2) is 15.0 Å². The molecule has 1 atom stereocenters. The Labute approximate surface area is 328 Å². The molecule has 2 aromatic carbocycles. The number of allylic oxidation sites excluding steroid dienone is 2. The lowest BCUT2D eigenvalue weighted by molar-refractivity contribution is -0.143. The molecule has 2 aromatic heterocycles. The number of carboxylic acids is 1. The van der Waals surface area contributed by atoms with Crippen molar-refractivity contribution in [3.8, 4) is 28.3 Å². The third-order valence-corrected chi connectivity index (χ3v) is 12.1. The number of aliphatic imine (C=N–C) groups is 1. The van der Waals surface area contributed by atoms with Gasteiger partial charge in [0.25, 0.3) is 0 Å². The van der Waals surface area contributed by atoms with E-state index in [0.29, 0.717) is 72.0 Å². The number of ether oxygens (including phenoxy) is 1. The largest absolute Gasteiger partial charge is 0.481 e. The fourth-order valence-corrected chi connectivity index (χ4v) is 8.88. The minimum atomic E-state index is -0.710. The van der Waals surface area contributed by atoms with Gasteiger partial charge < -0.3 is 25.8 Å². The zero-order chi connectivity index (χ0) is 37.9. The highest BCUT2D eigenvalue weighted by molar-refractivity contribution is 7.12. The van der Waals surface area contributed by atoms with Crippen LogP contribution in [0.5, 0.6) is 5.88 Å². The number of aliphatic carboxylic acids is 1. The summed E-state index contributed by atoms with van der Waals surface area (Å²) in [6.45, 7) is 7.40. The molecule has 0 radical (unpaired) electrons. The molecule has 3 aliphatic heterocycles. The maximum Gasteiger partial charge on any atom is 0.306 e. The standard InChI is InChI=1S/C40H43Cl2N7O4S/c1-22-18-31(47-39(53-3)29(22)20-43-19-25-11-13-33(50)45-25)28-8-4-6-26(35(28)41)27-7-5-9-30(36(27)42)46-38-37-32(12-10-23(2)44-38)54-34(48-37)21-49-16-14-24(15-17-49)40(51)52/h4-10,18,24-25,43H,11-17,19-21H2,1-3H3,(H,44,46)(H,45,50)(H,51,52)/t25-/m0/s1. The monoisotopic (exact) mass is 787 g/mol. The third kappa shape index (κ3) is 8.33. The normalized spacial score (nSPS) is 18.5. The van der Waals surface area contributed by atoms with Gasteiger partial charge in [-0.05, 0) is 63.9 Å². The predicted molar refractivity (Wildman–Crippen MR) is 214 cm³/mol. The van der Waals surface area contributed by atoms with E-state index in [1.165, 1.54) is 0 Å². The molecule has 0 unspecified atom stereocenters. The van der Waals surface area contributed by atoms with Crippen LogP contribution in [0.2, 0.25) is 10.0 Å². The van der Waals surface area contributed by atoms with Gasteiger partial charge in [0.15, 0.2) is 5.84 Å². The lowest BCUT2D eigenvalue weighted by Crippen LogP contribution is -2.35. The lowest BCUT2D eigenvalue weighted by Gasteiger charge is -2.29. The smallest absolute Gasteiger partial charge is 0.306 e. The first-order valence-corrected chi connectivity index (χ1v) is 19.7. The number of aryl methyl sites for hydroxylation is 1. The van der Waals surface area contributed by atoms with E-state index in [0.717, 1.165) is 75.0 Å². The number of methoxy groups -OCH3 is 1. The molecule has 54 heavy (non-hydrogen) atoms. The summed E-state index contributed by atoms with van der Waals surface area (Å²) in [5, 5.41) is 21.2. The number of amides is 1. The number of carbonyl (C=O) groups excluding carboxylic acids is 1. The topological polar surface area (TPSA) is 141 Å². The van der Waals surface area contributed by atoms with Crippen molar-refractivity contribution in [1.29, 1.82) is 0 Å². The average molecular weight is 789 g/mol. The van der Waals surface area contributed by atoms with Crippen molar-refractivity contribution in [3.05, 3.63) is 91.0 Å². The third-order valence-electron chi connectivity index (χ3n) is 10.2. The zero-order valence-corrected chi connectivity index (χ0v) is 32.8. The number of carboxylic acid groups (broad SMARTS) is 1. The number of hydrogen-bond acceptors (Lipinski definition) is 9. The molecule has 11 nitrogen and oxygen atoms in total. The maximum atomic E-state index is 11.6. The number of aromatic nitrogens is 2. The number of pyridine rings is 1. The number of rotatable bonds is 11. The van der Waals surface area contributed by atoms with Crippen LogP contribution in [0.4, 0.5) is 5.69 Å². The van der Waals surface area contributed by atoms with Gasteiger partial charge in [-0.15, -0.1) is 11.3 Å². The van der Waals surface area contributed by atoms with Crippen LogP contribution in [0.1, 0.15) is 59.3 Å². The van der Waals surface area contributed by atoms with Crippen LogP contribution in [0.3, 0.4) is 0 Å². The molecule has 14 heteroatoms. The summed E-state index contributed by atoms with van der Waals surface area (Å²) < 4.78 is 5.75. The number of amidine groups is 1. The molecular weight excluding hydrogens is 745 g/mol. The Morgan fingerprint density at radius 3 is 2.54 bits per heavy atom. The minimum Gasteiger partial charge on any atom is -0.481 e. The van der Waals surface area contributed by atoms with Crippen molar-refractivity contribution >= 4 is 57.9 Å². The minimum absolute atomic E-state index is 0.0966. The van der Waals surface area contributed by atoms with Crippen LogP contribution in [-0.4, -0.2) is 70.5 Å². The van der Waals surface area contributed by atoms with Crippen LogP contribution < -0.4 is 20.7 Å². The number of halogens is 2. The highest BCUT2D eigenvalue weighted by atomic mass is 35.5. The summed E-state index contributed by atoms with van der Waals surface area (Å²) in [7, 11) is 1.61. The van der Waals surface area contributed by atoms with Gasteiger partial charge in [0.1, 0.15) is 10.7 Å². The number of thiazole rings is 1. The van der Waals surface area contributed by atoms with E-state index in [1.807, 2.05) is 56.3 Å². The number of carbonyl (C=O) groups is 2. The first-order chi connectivity index (χ1) is 26.1. The molecule has 7 rings (SSSR count). The van der Waals surface area contributed by atoms with E-state index in [2.05, 4.69) is 26.9 Å². The highest BCUT2D eigenvalue weighted by Gasteiger charge is 2.27. The molecule has 4 aromatic rings. The molecule has 0 bridgehead atoms. The Morgan fingerprint density at radius 2 is 1.81 bits per heavy atom. The van der Waals surface area contributed by atoms with Gasteiger partial charge in [0.2, 0.25) is 11.8 Å². The van der Waals surface area contributed by atoms with Crippen LogP contribution in [0.15, 0.2) is 59.2 Å². The van der Waals surface area contributed by atoms with Gasteiger partial charge in [-0.1, -0.05) is 59.6 Å². The molecule has 2 fully saturated rings. The SMILES string of the molecule is COc1nc(-c2cccc(-c3cccc(N=C4NC(C)=CCc5sc(CN6CCC(C(=O)O)CC6)nc54)c3Cl)c2Cl)cc(C)c1CNC[C@@H]1CCC(=O)N1. The van der Waals surface area contributed by atoms with E-state index in [1.54, 1.807) is 18.4 Å². The molecule has 0 aliphatic carbocycles. The summed E-state index contributed by atoms with van der Waals surface area (Å²) in [6.07, 6.45) is 5.56. The Hall–Kier alpha value is -4.33. The summed E-state index contributed by atoms with van der Waals surface area (Å²) >= 11 is 16.0. The van der Waals surface area contributed by atoms with Gasteiger partial charge >= 0.3 is 5.97 Å². The van der Waals surface area contributed by atoms with Crippen molar-refractivity contribution in [1.82, 2.24) is 30.8 Å². The summed E-state index contributed by atoms with van der Waals surface area (Å²) in [6, 6.07) is 13.7. The van der Waals surface area contributed by atoms with E-state index in [4.69, 9.17) is 42.9 Å². The number of fused-ring (bicyclic) bond motifs is 1.